The van der Waals surface area contributed by atoms with E-state index in [4.69, 9.17) is 4.74 Å². The Labute approximate surface area is 114 Å². The molecule has 0 saturated heterocycles. The highest BCUT2D eigenvalue weighted by molar-refractivity contribution is 5.82. The van der Waals surface area contributed by atoms with Crippen molar-refractivity contribution in [3.8, 4) is 0 Å². The van der Waals surface area contributed by atoms with Crippen molar-refractivity contribution in [1.82, 2.24) is 10.3 Å². The van der Waals surface area contributed by atoms with Crippen LogP contribution in [0.15, 0.2) is 30.5 Å². The summed E-state index contributed by atoms with van der Waals surface area (Å²) in [5.74, 6) is 0.874. The van der Waals surface area contributed by atoms with Crippen molar-refractivity contribution < 1.29 is 4.74 Å². The Balaban J connectivity index is 1.36. The van der Waals surface area contributed by atoms with Crippen LogP contribution in [0, 0.1) is 5.92 Å². The Kier molecular flexibility index (Phi) is 4.16. The van der Waals surface area contributed by atoms with E-state index in [2.05, 4.69) is 34.6 Å². The summed E-state index contributed by atoms with van der Waals surface area (Å²) >= 11 is 0. The topological polar surface area (TPSA) is 37.0 Å². The highest BCUT2D eigenvalue weighted by Crippen LogP contribution is 2.28. The van der Waals surface area contributed by atoms with Crippen LogP contribution in [0.1, 0.15) is 24.8 Å². The van der Waals surface area contributed by atoms with Crippen LogP contribution >= 0.6 is 0 Å². The summed E-state index contributed by atoms with van der Waals surface area (Å²) in [7, 11) is 0. The molecule has 1 aromatic carbocycles. The quantitative estimate of drug-likeness (QED) is 0.714. The maximum absolute atomic E-state index is 5.62. The van der Waals surface area contributed by atoms with E-state index in [9.17, 15) is 0 Å². The molecule has 0 atom stereocenters. The number of benzene rings is 1. The van der Waals surface area contributed by atoms with E-state index >= 15 is 0 Å². The van der Waals surface area contributed by atoms with Gasteiger partial charge in [0.1, 0.15) is 0 Å². The minimum Gasteiger partial charge on any atom is -0.381 e. The number of hydrogen-bond acceptors (Lipinski definition) is 2. The molecule has 2 aromatic rings. The molecule has 1 fully saturated rings. The standard InChI is InChI=1S/C16H22N2O/c1-3-14(15-7-9-18-16(15)4-1)11-17-8-2-10-19-12-13-5-6-13/h1,3-4,7,9,13,17-18H,2,5-6,8,10-12H2. The zero-order valence-corrected chi connectivity index (χ0v) is 11.3. The fraction of sp³-hybridized carbons (Fsp3) is 0.500. The Hall–Kier alpha value is -1.32. The molecule has 1 heterocycles. The number of nitrogens with one attached hydrogen (secondary N) is 2. The molecule has 1 aromatic heterocycles. The minimum atomic E-state index is 0.874. The van der Waals surface area contributed by atoms with Gasteiger partial charge in [0.05, 0.1) is 0 Å². The maximum atomic E-state index is 5.62. The predicted molar refractivity (Wildman–Crippen MR) is 78.2 cm³/mol. The molecule has 0 spiro atoms. The van der Waals surface area contributed by atoms with Gasteiger partial charge in [0.2, 0.25) is 0 Å². The van der Waals surface area contributed by atoms with E-state index in [-0.39, 0.29) is 0 Å². The van der Waals surface area contributed by atoms with Crippen molar-refractivity contribution in [3.63, 3.8) is 0 Å². The van der Waals surface area contributed by atoms with Crippen molar-refractivity contribution in [1.29, 1.82) is 0 Å². The summed E-state index contributed by atoms with van der Waals surface area (Å²) < 4.78 is 5.62. The Morgan fingerprint density at radius 2 is 2.21 bits per heavy atom. The second-order valence-electron chi connectivity index (χ2n) is 5.40. The highest BCUT2D eigenvalue weighted by Gasteiger charge is 2.20. The van der Waals surface area contributed by atoms with Gasteiger partial charge in [0, 0.05) is 36.9 Å². The average Bonchev–Trinajstić information content (AvgIpc) is 3.12. The summed E-state index contributed by atoms with van der Waals surface area (Å²) in [4.78, 5) is 3.25. The summed E-state index contributed by atoms with van der Waals surface area (Å²) in [6.45, 7) is 3.81. The van der Waals surface area contributed by atoms with Crippen LogP contribution in [0.25, 0.3) is 10.9 Å². The predicted octanol–water partition coefficient (Wildman–Crippen LogP) is 3.07. The lowest BCUT2D eigenvalue weighted by atomic mass is 10.1. The lowest BCUT2D eigenvalue weighted by Gasteiger charge is -2.07. The molecule has 2 N–H and O–H groups in total. The molecule has 0 unspecified atom stereocenters. The maximum Gasteiger partial charge on any atom is 0.0494 e. The van der Waals surface area contributed by atoms with E-state index in [0.29, 0.717) is 0 Å². The monoisotopic (exact) mass is 258 g/mol. The first kappa shape index (κ1) is 12.7. The highest BCUT2D eigenvalue weighted by atomic mass is 16.5. The molecule has 1 aliphatic rings. The average molecular weight is 258 g/mol. The van der Waals surface area contributed by atoms with Gasteiger partial charge in [-0.15, -0.1) is 0 Å². The van der Waals surface area contributed by atoms with Gasteiger partial charge >= 0.3 is 0 Å². The Morgan fingerprint density at radius 1 is 1.26 bits per heavy atom. The van der Waals surface area contributed by atoms with Gasteiger partial charge in [-0.3, -0.25) is 0 Å². The van der Waals surface area contributed by atoms with Crippen LogP contribution in [-0.4, -0.2) is 24.7 Å². The van der Waals surface area contributed by atoms with E-state index in [1.807, 2.05) is 6.20 Å². The van der Waals surface area contributed by atoms with Gasteiger partial charge < -0.3 is 15.0 Å². The largest absolute Gasteiger partial charge is 0.381 e. The van der Waals surface area contributed by atoms with Gasteiger partial charge in [-0.05, 0) is 49.4 Å². The lowest BCUT2D eigenvalue weighted by Crippen LogP contribution is -2.16. The first-order valence-electron chi connectivity index (χ1n) is 7.27. The molecule has 102 valence electrons. The number of hydrogen-bond donors (Lipinski definition) is 2. The molecule has 0 radical (unpaired) electrons. The fourth-order valence-corrected chi connectivity index (χ4v) is 2.36. The summed E-state index contributed by atoms with van der Waals surface area (Å²) in [6.07, 6.45) is 5.84. The van der Waals surface area contributed by atoms with Crippen molar-refractivity contribution >= 4 is 10.9 Å². The number of H-pyrrole nitrogens is 1. The Bertz CT molecular complexity index is 516. The first-order valence-corrected chi connectivity index (χ1v) is 7.27. The zero-order chi connectivity index (χ0) is 12.9. The van der Waals surface area contributed by atoms with Gasteiger partial charge in [0.15, 0.2) is 0 Å². The molecular formula is C16H22N2O. The molecule has 1 saturated carbocycles. The number of ether oxygens (including phenoxy) is 1. The van der Waals surface area contributed by atoms with E-state index in [0.717, 1.165) is 38.6 Å². The second-order valence-corrected chi connectivity index (χ2v) is 5.40. The van der Waals surface area contributed by atoms with Crippen molar-refractivity contribution in [2.24, 2.45) is 5.92 Å². The van der Waals surface area contributed by atoms with Crippen LogP contribution in [-0.2, 0) is 11.3 Å². The van der Waals surface area contributed by atoms with Gasteiger partial charge in [0.25, 0.3) is 0 Å². The first-order chi connectivity index (χ1) is 9.43. The van der Waals surface area contributed by atoms with Crippen molar-refractivity contribution in [2.75, 3.05) is 19.8 Å². The third-order valence-electron chi connectivity index (χ3n) is 3.69. The van der Waals surface area contributed by atoms with Crippen molar-refractivity contribution in [2.45, 2.75) is 25.8 Å². The van der Waals surface area contributed by atoms with E-state index < -0.39 is 0 Å². The third kappa shape index (κ3) is 3.58. The van der Waals surface area contributed by atoms with E-state index in [1.165, 1.54) is 29.3 Å². The number of fused-ring (bicyclic) bond motifs is 1. The van der Waals surface area contributed by atoms with Crippen LogP contribution in [0.4, 0.5) is 0 Å². The number of aromatic nitrogens is 1. The zero-order valence-electron chi connectivity index (χ0n) is 11.3. The molecule has 3 rings (SSSR count). The summed E-state index contributed by atoms with van der Waals surface area (Å²) in [5, 5.41) is 4.81. The molecule has 3 nitrogen and oxygen atoms in total. The van der Waals surface area contributed by atoms with Crippen LogP contribution < -0.4 is 5.32 Å². The van der Waals surface area contributed by atoms with E-state index in [1.54, 1.807) is 0 Å². The third-order valence-corrected chi connectivity index (χ3v) is 3.69. The number of aromatic amines is 1. The molecule has 1 aliphatic carbocycles. The lowest BCUT2D eigenvalue weighted by molar-refractivity contribution is 0.122. The molecule has 19 heavy (non-hydrogen) atoms. The van der Waals surface area contributed by atoms with Gasteiger partial charge in [-0.2, -0.15) is 0 Å². The minimum absolute atomic E-state index is 0.874. The molecule has 0 bridgehead atoms. The summed E-state index contributed by atoms with van der Waals surface area (Å²) in [6, 6.07) is 8.55. The van der Waals surface area contributed by atoms with Gasteiger partial charge in [-0.1, -0.05) is 12.1 Å². The van der Waals surface area contributed by atoms with Crippen molar-refractivity contribution in [3.05, 3.63) is 36.0 Å². The SMILES string of the molecule is c1cc(CNCCCOCC2CC2)c2cc[nH]c2c1. The molecule has 3 heteroatoms. The van der Waals surface area contributed by atoms with Crippen LogP contribution in [0.3, 0.4) is 0 Å². The smallest absolute Gasteiger partial charge is 0.0494 e. The van der Waals surface area contributed by atoms with Gasteiger partial charge in [-0.25, -0.2) is 0 Å². The number of rotatable bonds is 8. The Morgan fingerprint density at radius 3 is 3.11 bits per heavy atom. The van der Waals surface area contributed by atoms with Crippen LogP contribution in [0.5, 0.6) is 0 Å². The second kappa shape index (κ2) is 6.22. The molecule has 0 aliphatic heterocycles. The van der Waals surface area contributed by atoms with Crippen LogP contribution in [0.2, 0.25) is 0 Å². The normalized spacial score (nSPS) is 15.2. The fourth-order valence-electron chi connectivity index (χ4n) is 2.36. The molecule has 0 amide bonds. The molecular weight excluding hydrogens is 236 g/mol. The summed E-state index contributed by atoms with van der Waals surface area (Å²) in [5.41, 5.74) is 2.57.